The molecule has 0 aromatic carbocycles. The summed E-state index contributed by atoms with van der Waals surface area (Å²) in [7, 11) is 0. The van der Waals surface area contributed by atoms with Crippen LogP contribution in [0.2, 0.25) is 5.15 Å². The van der Waals surface area contributed by atoms with Crippen molar-refractivity contribution in [1.29, 1.82) is 5.26 Å². The molecule has 8 heteroatoms. The molecule has 2 saturated carbocycles. The monoisotopic (exact) mass is 382 g/mol. The van der Waals surface area contributed by atoms with Gasteiger partial charge in [0.15, 0.2) is 0 Å². The van der Waals surface area contributed by atoms with Gasteiger partial charge in [0.25, 0.3) is 5.91 Å². The lowest BCUT2D eigenvalue weighted by molar-refractivity contribution is 0.0781. The second-order valence-electron chi connectivity index (χ2n) is 7.82. The number of H-pyrrole nitrogens is 1. The third-order valence-corrected chi connectivity index (χ3v) is 6.19. The van der Waals surface area contributed by atoms with Crippen molar-refractivity contribution in [2.45, 2.75) is 37.1 Å². The van der Waals surface area contributed by atoms with Crippen LogP contribution >= 0.6 is 11.6 Å². The van der Waals surface area contributed by atoms with Crippen molar-refractivity contribution in [3.63, 3.8) is 0 Å². The second kappa shape index (κ2) is 5.96. The Balaban J connectivity index is 1.35. The molecule has 2 aromatic heterocycles. The van der Waals surface area contributed by atoms with E-state index in [1.165, 1.54) is 0 Å². The number of rotatable bonds is 4. The van der Waals surface area contributed by atoms with Gasteiger partial charge in [-0.1, -0.05) is 11.6 Å². The summed E-state index contributed by atoms with van der Waals surface area (Å²) in [4.78, 5) is 26.6. The molecule has 0 radical (unpaired) electrons. The minimum Gasteiger partial charge on any atom is -0.362 e. The van der Waals surface area contributed by atoms with Gasteiger partial charge >= 0.3 is 0 Å². The van der Waals surface area contributed by atoms with Crippen molar-refractivity contribution in [2.75, 3.05) is 18.4 Å². The maximum atomic E-state index is 12.8. The molecule has 27 heavy (non-hydrogen) atoms. The van der Waals surface area contributed by atoms with Gasteiger partial charge in [0, 0.05) is 37.2 Å². The first-order valence-electron chi connectivity index (χ1n) is 9.27. The van der Waals surface area contributed by atoms with Gasteiger partial charge in [-0.05, 0) is 31.7 Å². The van der Waals surface area contributed by atoms with Gasteiger partial charge in [0.1, 0.15) is 28.6 Å². The number of halogens is 1. The molecule has 2 aromatic rings. The number of aromatic nitrogens is 3. The molecular weight excluding hydrogens is 364 g/mol. The number of aromatic amines is 1. The molecular formula is C19H19ClN6O. The predicted molar refractivity (Wildman–Crippen MR) is 99.5 cm³/mol. The lowest BCUT2D eigenvalue weighted by Gasteiger charge is -2.44. The number of hydrogen-bond acceptors (Lipinski definition) is 5. The number of amides is 1. The fraction of sp³-hybridized carbons (Fsp3) is 0.474. The molecule has 2 N–H and O–H groups in total. The van der Waals surface area contributed by atoms with E-state index in [4.69, 9.17) is 16.9 Å². The fourth-order valence-electron chi connectivity index (χ4n) is 4.23. The van der Waals surface area contributed by atoms with Crippen LogP contribution in [0.4, 0.5) is 5.82 Å². The summed E-state index contributed by atoms with van der Waals surface area (Å²) >= 11 is 6.20. The highest BCUT2D eigenvalue weighted by Gasteiger charge is 2.54. The number of nitrogens with one attached hydrogen (secondary N) is 2. The molecule has 0 bridgehead atoms. The van der Waals surface area contributed by atoms with Gasteiger partial charge in [-0.25, -0.2) is 9.97 Å². The van der Waals surface area contributed by atoms with Crippen molar-refractivity contribution in [1.82, 2.24) is 19.9 Å². The smallest absolute Gasteiger partial charge is 0.270 e. The van der Waals surface area contributed by atoms with E-state index in [2.05, 4.69) is 20.3 Å². The zero-order valence-corrected chi connectivity index (χ0v) is 15.5. The summed E-state index contributed by atoms with van der Waals surface area (Å²) in [6, 6.07) is 5.42. The molecule has 5 rings (SSSR count). The van der Waals surface area contributed by atoms with Gasteiger partial charge < -0.3 is 15.2 Å². The summed E-state index contributed by atoms with van der Waals surface area (Å²) in [5, 5.41) is 13.0. The van der Waals surface area contributed by atoms with E-state index in [0.717, 1.165) is 37.3 Å². The Labute approximate surface area is 161 Å². The molecule has 1 aliphatic heterocycles. The lowest BCUT2D eigenvalue weighted by Crippen LogP contribution is -2.53. The molecule has 3 aliphatic rings. The molecule has 3 fully saturated rings. The number of fused-ring (bicyclic) bond motifs is 1. The van der Waals surface area contributed by atoms with Crippen LogP contribution in [-0.4, -0.2) is 44.4 Å². The zero-order chi connectivity index (χ0) is 18.6. The highest BCUT2D eigenvalue weighted by atomic mass is 35.5. The van der Waals surface area contributed by atoms with Crippen molar-refractivity contribution in [2.24, 2.45) is 5.92 Å². The Morgan fingerprint density at radius 2 is 2.22 bits per heavy atom. The molecule has 138 valence electrons. The minimum absolute atomic E-state index is 0.0635. The van der Waals surface area contributed by atoms with Crippen molar-refractivity contribution in [3.8, 4) is 6.07 Å². The van der Waals surface area contributed by atoms with E-state index in [1.807, 2.05) is 11.0 Å². The molecule has 2 aliphatic carbocycles. The normalized spacial score (nSPS) is 26.2. The summed E-state index contributed by atoms with van der Waals surface area (Å²) in [6.45, 7) is 1.33. The van der Waals surface area contributed by atoms with Crippen molar-refractivity contribution >= 4 is 23.3 Å². The minimum atomic E-state index is -0.154. The van der Waals surface area contributed by atoms with Crippen LogP contribution in [0.3, 0.4) is 0 Å². The van der Waals surface area contributed by atoms with Crippen molar-refractivity contribution < 1.29 is 4.79 Å². The van der Waals surface area contributed by atoms with Crippen LogP contribution in [0.15, 0.2) is 18.3 Å². The number of anilines is 1. The van der Waals surface area contributed by atoms with Gasteiger partial charge in [0.2, 0.25) is 0 Å². The van der Waals surface area contributed by atoms with Crippen LogP contribution in [-0.2, 0) is 0 Å². The first-order chi connectivity index (χ1) is 13.1. The standard InChI is InChI=1S/C19H19ClN6O/c20-15-6-16(24-17(23-15)12-1-2-12)25-19-4-3-13(19)9-26(10-19)18(27)14-5-11(7-21)8-22-14/h5-6,8,12-13,22H,1-4,9-10H2,(H,23,24,25). The first kappa shape index (κ1) is 16.6. The molecule has 7 nitrogen and oxygen atoms in total. The lowest BCUT2D eigenvalue weighted by atomic mass is 9.69. The number of nitriles is 1. The second-order valence-corrected chi connectivity index (χ2v) is 8.21. The number of carbonyl (C=O) groups is 1. The summed E-state index contributed by atoms with van der Waals surface area (Å²) in [5.41, 5.74) is 0.777. The average Bonchev–Trinajstić information content (AvgIpc) is 3.33. The topological polar surface area (TPSA) is 97.7 Å². The molecule has 1 saturated heterocycles. The van der Waals surface area contributed by atoms with Gasteiger partial charge in [-0.3, -0.25) is 4.79 Å². The average molecular weight is 383 g/mol. The van der Waals surface area contributed by atoms with Crippen molar-refractivity contribution in [3.05, 3.63) is 40.6 Å². The van der Waals surface area contributed by atoms with Crippen LogP contribution in [0.25, 0.3) is 0 Å². The van der Waals surface area contributed by atoms with Gasteiger partial charge in [0.05, 0.1) is 11.1 Å². The van der Waals surface area contributed by atoms with Crippen LogP contribution in [0, 0.1) is 17.2 Å². The number of likely N-dealkylation sites (tertiary alicyclic amines) is 1. The third-order valence-electron chi connectivity index (χ3n) is 6.00. The van der Waals surface area contributed by atoms with E-state index in [-0.39, 0.29) is 11.4 Å². The van der Waals surface area contributed by atoms with Gasteiger partial charge in [-0.15, -0.1) is 0 Å². The van der Waals surface area contributed by atoms with Crippen LogP contribution < -0.4 is 5.32 Å². The maximum Gasteiger partial charge on any atom is 0.270 e. The van der Waals surface area contributed by atoms with Crippen LogP contribution in [0.1, 0.15) is 53.5 Å². The summed E-state index contributed by atoms with van der Waals surface area (Å²) in [5.74, 6) is 2.33. The SMILES string of the molecule is N#Cc1c[nH]c(C(=O)N2CC3CCC3(Nc3cc(Cl)nc(C4CC4)n3)C2)c1. The van der Waals surface area contributed by atoms with E-state index in [1.54, 1.807) is 18.3 Å². The van der Waals surface area contributed by atoms with E-state index in [0.29, 0.717) is 41.3 Å². The largest absolute Gasteiger partial charge is 0.362 e. The predicted octanol–water partition coefficient (Wildman–Crippen LogP) is 2.92. The Kier molecular flexibility index (Phi) is 3.66. The highest BCUT2D eigenvalue weighted by molar-refractivity contribution is 6.29. The molecule has 3 heterocycles. The highest BCUT2D eigenvalue weighted by Crippen LogP contribution is 2.47. The Morgan fingerprint density at radius 1 is 1.37 bits per heavy atom. The molecule has 2 atom stereocenters. The van der Waals surface area contributed by atoms with E-state index < -0.39 is 0 Å². The number of nitrogens with zero attached hydrogens (tertiary/aromatic N) is 4. The van der Waals surface area contributed by atoms with E-state index in [9.17, 15) is 4.79 Å². The summed E-state index contributed by atoms with van der Waals surface area (Å²) in [6.07, 6.45) is 5.89. The van der Waals surface area contributed by atoms with Gasteiger partial charge in [-0.2, -0.15) is 5.26 Å². The Morgan fingerprint density at radius 3 is 2.89 bits per heavy atom. The Bertz CT molecular complexity index is 961. The molecule has 2 unspecified atom stereocenters. The number of carbonyl (C=O) groups excluding carboxylic acids is 1. The maximum absolute atomic E-state index is 12.8. The fourth-order valence-corrected chi connectivity index (χ4v) is 4.42. The van der Waals surface area contributed by atoms with Crippen LogP contribution in [0.5, 0.6) is 0 Å². The zero-order valence-electron chi connectivity index (χ0n) is 14.7. The Hall–Kier alpha value is -2.59. The number of hydrogen-bond donors (Lipinski definition) is 2. The molecule has 1 amide bonds. The first-order valence-corrected chi connectivity index (χ1v) is 9.64. The quantitative estimate of drug-likeness (QED) is 0.792. The van der Waals surface area contributed by atoms with E-state index >= 15 is 0 Å². The summed E-state index contributed by atoms with van der Waals surface area (Å²) < 4.78 is 0. The third kappa shape index (κ3) is 2.85. The molecule has 0 spiro atoms.